The van der Waals surface area contributed by atoms with Crippen LogP contribution in [0, 0.1) is 11.8 Å². The lowest BCUT2D eigenvalue weighted by molar-refractivity contribution is -0.132. The van der Waals surface area contributed by atoms with Gasteiger partial charge in [0.2, 0.25) is 5.91 Å². The van der Waals surface area contributed by atoms with Crippen LogP contribution in [0.25, 0.3) is 0 Å². The monoisotopic (exact) mass is 328 g/mol. The number of fused-ring (bicyclic) bond motifs is 1. The molecule has 0 bridgehead atoms. The highest BCUT2D eigenvalue weighted by molar-refractivity contribution is 5.80. The largest absolute Gasteiger partial charge is 0.377 e. The van der Waals surface area contributed by atoms with Crippen molar-refractivity contribution < 1.29 is 9.53 Å². The van der Waals surface area contributed by atoms with E-state index in [1.54, 1.807) is 0 Å². The third kappa shape index (κ3) is 3.50. The molecular weight excluding hydrogens is 300 g/mol. The van der Waals surface area contributed by atoms with Crippen molar-refractivity contribution in [3.05, 3.63) is 35.9 Å². The van der Waals surface area contributed by atoms with Crippen LogP contribution in [0.2, 0.25) is 0 Å². The van der Waals surface area contributed by atoms with Crippen LogP contribution in [-0.4, -0.2) is 49.2 Å². The van der Waals surface area contributed by atoms with E-state index in [1.165, 1.54) is 12.0 Å². The van der Waals surface area contributed by atoms with Gasteiger partial charge in [-0.05, 0) is 37.7 Å². The molecule has 1 aromatic rings. The Balaban J connectivity index is 1.38. The third-order valence-electron chi connectivity index (χ3n) is 6.02. The summed E-state index contributed by atoms with van der Waals surface area (Å²) in [7, 11) is 0. The molecule has 0 spiro atoms. The van der Waals surface area contributed by atoms with Crippen LogP contribution in [0.1, 0.15) is 31.2 Å². The maximum atomic E-state index is 12.8. The summed E-state index contributed by atoms with van der Waals surface area (Å²) >= 11 is 0. The summed E-state index contributed by atoms with van der Waals surface area (Å²) in [5, 5.41) is 3.27. The van der Waals surface area contributed by atoms with Crippen LogP contribution >= 0.6 is 0 Å². The number of piperidine rings is 1. The molecule has 2 heterocycles. The topological polar surface area (TPSA) is 41.6 Å². The van der Waals surface area contributed by atoms with E-state index in [9.17, 15) is 4.79 Å². The average Bonchev–Trinajstić information content (AvgIpc) is 3.04. The second-order valence-corrected chi connectivity index (χ2v) is 7.60. The zero-order valence-corrected chi connectivity index (χ0v) is 14.3. The normalized spacial score (nSPS) is 30.6. The number of carbonyl (C=O) groups is 1. The van der Waals surface area contributed by atoms with Crippen LogP contribution in [0.5, 0.6) is 0 Å². The Morgan fingerprint density at radius 3 is 2.75 bits per heavy atom. The number of hydrogen-bond donors (Lipinski definition) is 1. The first-order valence-corrected chi connectivity index (χ1v) is 9.48. The van der Waals surface area contributed by atoms with E-state index < -0.39 is 0 Å². The van der Waals surface area contributed by atoms with Crippen LogP contribution < -0.4 is 5.32 Å². The number of hydrogen-bond acceptors (Lipinski definition) is 3. The van der Waals surface area contributed by atoms with Gasteiger partial charge in [-0.2, -0.15) is 0 Å². The molecule has 2 saturated heterocycles. The highest BCUT2D eigenvalue weighted by atomic mass is 16.5. The summed E-state index contributed by atoms with van der Waals surface area (Å²) in [4.78, 5) is 15.2. The molecule has 1 amide bonds. The molecule has 0 aromatic heterocycles. The highest BCUT2D eigenvalue weighted by Gasteiger charge is 2.44. The van der Waals surface area contributed by atoms with Gasteiger partial charge < -0.3 is 10.1 Å². The molecule has 4 rings (SSSR count). The van der Waals surface area contributed by atoms with Gasteiger partial charge in [0.15, 0.2) is 0 Å². The van der Waals surface area contributed by atoms with E-state index in [2.05, 4.69) is 40.5 Å². The first kappa shape index (κ1) is 16.1. The molecule has 1 saturated carbocycles. The Hall–Kier alpha value is -1.39. The van der Waals surface area contributed by atoms with Gasteiger partial charge in [-0.3, -0.25) is 9.69 Å². The third-order valence-corrected chi connectivity index (χ3v) is 6.02. The van der Waals surface area contributed by atoms with Gasteiger partial charge >= 0.3 is 0 Å². The van der Waals surface area contributed by atoms with Crippen molar-refractivity contribution in [2.24, 2.45) is 11.8 Å². The van der Waals surface area contributed by atoms with Crippen molar-refractivity contribution in [2.45, 2.75) is 44.2 Å². The zero-order valence-electron chi connectivity index (χ0n) is 14.3. The molecule has 1 aliphatic carbocycles. The first-order chi connectivity index (χ1) is 11.8. The summed E-state index contributed by atoms with van der Waals surface area (Å²) in [6.45, 7) is 3.68. The molecular formula is C20H28N2O2. The lowest BCUT2D eigenvalue weighted by Crippen LogP contribution is -2.54. The van der Waals surface area contributed by atoms with Gasteiger partial charge in [-0.15, -0.1) is 0 Å². The minimum atomic E-state index is 0.0997. The molecule has 0 unspecified atom stereocenters. The number of nitrogens with zero attached hydrogens (tertiary/aromatic N) is 1. The van der Waals surface area contributed by atoms with Gasteiger partial charge in [-0.25, -0.2) is 0 Å². The summed E-state index contributed by atoms with van der Waals surface area (Å²) in [5.41, 5.74) is 1.36. The fraction of sp³-hybridized carbons (Fsp3) is 0.650. The van der Waals surface area contributed by atoms with Crippen LogP contribution in [0.15, 0.2) is 30.3 Å². The smallest absolute Gasteiger partial charge is 0.225 e. The predicted octanol–water partition coefficient (Wildman–Crippen LogP) is 2.23. The van der Waals surface area contributed by atoms with Gasteiger partial charge in [-0.1, -0.05) is 30.3 Å². The van der Waals surface area contributed by atoms with E-state index in [0.29, 0.717) is 12.0 Å². The van der Waals surface area contributed by atoms with Crippen molar-refractivity contribution in [3.63, 3.8) is 0 Å². The van der Waals surface area contributed by atoms with E-state index in [0.717, 1.165) is 51.9 Å². The van der Waals surface area contributed by atoms with E-state index in [4.69, 9.17) is 4.74 Å². The van der Waals surface area contributed by atoms with Gasteiger partial charge in [0.05, 0.1) is 12.0 Å². The Morgan fingerprint density at radius 2 is 2.00 bits per heavy atom. The van der Waals surface area contributed by atoms with E-state index in [1.807, 2.05) is 0 Å². The standard InChI is InChI=1S/C20H28N2O2/c23-20(21-16-7-4-8-16)18-13-22(14-19-17(18)10-12-24-19)11-9-15-5-2-1-3-6-15/h1-3,5-6,16-19H,4,7-14H2,(H,21,23)/t17-,18-,19+/m1/s1. The summed E-state index contributed by atoms with van der Waals surface area (Å²) in [6, 6.07) is 11.0. The van der Waals surface area contributed by atoms with E-state index >= 15 is 0 Å². The van der Waals surface area contributed by atoms with Crippen LogP contribution in [0.4, 0.5) is 0 Å². The van der Waals surface area contributed by atoms with Crippen LogP contribution in [0.3, 0.4) is 0 Å². The van der Waals surface area contributed by atoms with Gasteiger partial charge in [0, 0.05) is 38.2 Å². The second-order valence-electron chi connectivity index (χ2n) is 7.60. The van der Waals surface area contributed by atoms with Gasteiger partial charge in [0.25, 0.3) is 0 Å². The molecule has 3 atom stereocenters. The Labute approximate surface area is 144 Å². The number of nitrogens with one attached hydrogen (secondary N) is 1. The van der Waals surface area contributed by atoms with Crippen molar-refractivity contribution in [3.8, 4) is 0 Å². The lowest BCUT2D eigenvalue weighted by Gasteiger charge is -2.40. The lowest BCUT2D eigenvalue weighted by atomic mass is 9.81. The molecule has 3 aliphatic rings. The number of amides is 1. The Kier molecular flexibility index (Phi) is 4.86. The molecule has 3 fully saturated rings. The van der Waals surface area contributed by atoms with Crippen LogP contribution in [-0.2, 0) is 16.0 Å². The minimum Gasteiger partial charge on any atom is -0.377 e. The number of carbonyl (C=O) groups excluding carboxylic acids is 1. The molecule has 2 aliphatic heterocycles. The summed E-state index contributed by atoms with van der Waals surface area (Å²) in [6.07, 6.45) is 5.89. The SMILES string of the molecule is O=C(NC1CCC1)[C@@H]1CN(CCc2ccccc2)C[C@@H]2OCC[C@@H]21. The Bertz CT molecular complexity index is 558. The number of benzene rings is 1. The molecule has 1 N–H and O–H groups in total. The maximum Gasteiger partial charge on any atom is 0.225 e. The second kappa shape index (κ2) is 7.24. The number of ether oxygens (including phenoxy) is 1. The summed E-state index contributed by atoms with van der Waals surface area (Å²) < 4.78 is 5.94. The number of rotatable bonds is 5. The number of likely N-dealkylation sites (tertiary alicyclic amines) is 1. The fourth-order valence-corrected chi connectivity index (χ4v) is 4.31. The van der Waals surface area contributed by atoms with Crippen molar-refractivity contribution >= 4 is 5.91 Å². The molecule has 1 aromatic carbocycles. The molecule has 4 nitrogen and oxygen atoms in total. The quantitative estimate of drug-likeness (QED) is 0.901. The van der Waals surface area contributed by atoms with E-state index in [-0.39, 0.29) is 17.9 Å². The minimum absolute atomic E-state index is 0.0997. The van der Waals surface area contributed by atoms with Gasteiger partial charge in [0.1, 0.15) is 0 Å². The average molecular weight is 328 g/mol. The van der Waals surface area contributed by atoms with Crippen molar-refractivity contribution in [1.82, 2.24) is 10.2 Å². The Morgan fingerprint density at radius 1 is 1.17 bits per heavy atom. The predicted molar refractivity (Wildman–Crippen MR) is 93.7 cm³/mol. The summed E-state index contributed by atoms with van der Waals surface area (Å²) in [5.74, 6) is 0.783. The van der Waals surface area contributed by atoms with Crippen molar-refractivity contribution in [2.75, 3.05) is 26.2 Å². The molecule has 0 radical (unpaired) electrons. The van der Waals surface area contributed by atoms with Crippen molar-refractivity contribution in [1.29, 1.82) is 0 Å². The first-order valence-electron chi connectivity index (χ1n) is 9.48. The molecule has 130 valence electrons. The molecule has 24 heavy (non-hydrogen) atoms. The molecule has 4 heteroatoms. The fourth-order valence-electron chi connectivity index (χ4n) is 4.31. The maximum absolute atomic E-state index is 12.8. The zero-order chi connectivity index (χ0) is 16.4. The highest BCUT2D eigenvalue weighted by Crippen LogP contribution is 2.34.